The van der Waals surface area contributed by atoms with E-state index in [1.165, 1.54) is 11.3 Å². The van der Waals surface area contributed by atoms with Crippen LogP contribution in [0.1, 0.15) is 5.69 Å². The molecule has 0 atom stereocenters. The molecule has 5 nitrogen and oxygen atoms in total. The first-order chi connectivity index (χ1) is 8.63. The van der Waals surface area contributed by atoms with Crippen LogP contribution in [0.2, 0.25) is 5.02 Å². The summed E-state index contributed by atoms with van der Waals surface area (Å²) < 4.78 is 4.20. The van der Waals surface area contributed by atoms with Crippen molar-refractivity contribution in [1.82, 2.24) is 19.6 Å². The Morgan fingerprint density at radius 2 is 2.28 bits per heavy atom. The van der Waals surface area contributed by atoms with Crippen molar-refractivity contribution >= 4 is 33.2 Å². The molecule has 0 saturated carbocycles. The second-order valence-corrected chi connectivity index (χ2v) is 5.38. The largest absolute Gasteiger partial charge is 0.308 e. The normalized spacial score (nSPS) is 11.2. The molecule has 0 bridgehead atoms. The molecule has 0 aliphatic carbocycles. The molecule has 2 aromatic heterocycles. The molecule has 0 unspecified atom stereocenters. The average Bonchev–Trinajstić information content (AvgIpc) is 2.86. The summed E-state index contributed by atoms with van der Waals surface area (Å²) in [4.78, 5) is 11.9. The number of halogens is 1. The van der Waals surface area contributed by atoms with Gasteiger partial charge in [0.25, 0.3) is 0 Å². The summed E-state index contributed by atoms with van der Waals surface area (Å²) in [5, 5.41) is 8.46. The fourth-order valence-electron chi connectivity index (χ4n) is 1.81. The van der Waals surface area contributed by atoms with Gasteiger partial charge in [0.1, 0.15) is 5.69 Å². The Labute approximate surface area is 111 Å². The van der Waals surface area contributed by atoms with Gasteiger partial charge in [0.2, 0.25) is 0 Å². The first kappa shape index (κ1) is 11.4. The second-order valence-electron chi connectivity index (χ2n) is 3.95. The van der Waals surface area contributed by atoms with Crippen LogP contribution < -0.4 is 4.87 Å². The van der Waals surface area contributed by atoms with Gasteiger partial charge in [-0.1, -0.05) is 28.2 Å². The predicted octanol–water partition coefficient (Wildman–Crippen LogP) is 1.89. The molecule has 92 valence electrons. The van der Waals surface area contributed by atoms with Crippen LogP contribution in [0, 0.1) is 0 Å². The molecule has 0 fully saturated rings. The fraction of sp³-hybridized carbons (Fsp3) is 0.182. The maximum absolute atomic E-state index is 11.9. The molecule has 0 amide bonds. The van der Waals surface area contributed by atoms with E-state index in [1.807, 2.05) is 6.07 Å². The van der Waals surface area contributed by atoms with E-state index in [0.29, 0.717) is 11.6 Å². The monoisotopic (exact) mass is 280 g/mol. The first-order valence-electron chi connectivity index (χ1n) is 5.27. The third-order valence-corrected chi connectivity index (χ3v) is 3.79. The van der Waals surface area contributed by atoms with E-state index in [2.05, 4.69) is 10.3 Å². The van der Waals surface area contributed by atoms with Crippen molar-refractivity contribution in [3.63, 3.8) is 0 Å². The number of fused-ring (bicyclic) bond motifs is 1. The fourth-order valence-corrected chi connectivity index (χ4v) is 2.85. The molecule has 2 heterocycles. The van der Waals surface area contributed by atoms with E-state index in [4.69, 9.17) is 11.6 Å². The molecule has 7 heteroatoms. The summed E-state index contributed by atoms with van der Waals surface area (Å²) in [7, 11) is 1.79. The van der Waals surface area contributed by atoms with Gasteiger partial charge in [0.15, 0.2) is 0 Å². The van der Waals surface area contributed by atoms with E-state index in [0.717, 1.165) is 15.9 Å². The lowest BCUT2D eigenvalue weighted by molar-refractivity contribution is 0.710. The van der Waals surface area contributed by atoms with Crippen LogP contribution >= 0.6 is 22.9 Å². The quantitative estimate of drug-likeness (QED) is 0.720. The number of benzene rings is 1. The molecule has 0 N–H and O–H groups in total. The van der Waals surface area contributed by atoms with Crippen LogP contribution in [0.4, 0.5) is 0 Å². The molecule has 18 heavy (non-hydrogen) atoms. The number of nitrogens with zero attached hydrogens (tertiary/aromatic N) is 4. The lowest BCUT2D eigenvalue weighted by Gasteiger charge is -2.00. The summed E-state index contributed by atoms with van der Waals surface area (Å²) in [6, 6.07) is 5.44. The minimum atomic E-state index is -0.0158. The zero-order chi connectivity index (χ0) is 12.7. The maximum Gasteiger partial charge on any atom is 0.308 e. The highest BCUT2D eigenvalue weighted by Gasteiger charge is 2.10. The van der Waals surface area contributed by atoms with E-state index in [1.54, 1.807) is 34.6 Å². The van der Waals surface area contributed by atoms with Crippen molar-refractivity contribution in [3.8, 4) is 0 Å². The van der Waals surface area contributed by atoms with Crippen molar-refractivity contribution in [3.05, 3.63) is 44.8 Å². The van der Waals surface area contributed by atoms with Crippen LogP contribution in [0.25, 0.3) is 10.2 Å². The van der Waals surface area contributed by atoms with E-state index >= 15 is 0 Å². The van der Waals surface area contributed by atoms with Gasteiger partial charge in [-0.25, -0.2) is 0 Å². The highest BCUT2D eigenvalue weighted by atomic mass is 35.5. The van der Waals surface area contributed by atoms with Gasteiger partial charge in [-0.05, 0) is 18.2 Å². The number of aryl methyl sites for hydroxylation is 1. The number of thiazole rings is 1. The van der Waals surface area contributed by atoms with Gasteiger partial charge in [-0.15, -0.1) is 5.10 Å². The number of hydrogen-bond donors (Lipinski definition) is 0. The van der Waals surface area contributed by atoms with Crippen LogP contribution in [0.5, 0.6) is 0 Å². The van der Waals surface area contributed by atoms with E-state index in [9.17, 15) is 4.79 Å². The first-order valence-corrected chi connectivity index (χ1v) is 6.47. The third kappa shape index (κ3) is 1.93. The van der Waals surface area contributed by atoms with Gasteiger partial charge >= 0.3 is 4.87 Å². The zero-order valence-corrected chi connectivity index (χ0v) is 11.1. The van der Waals surface area contributed by atoms with Crippen LogP contribution in [0.3, 0.4) is 0 Å². The van der Waals surface area contributed by atoms with E-state index in [-0.39, 0.29) is 4.87 Å². The van der Waals surface area contributed by atoms with Crippen LogP contribution in [-0.2, 0) is 13.6 Å². The second kappa shape index (κ2) is 4.22. The number of aromatic nitrogens is 4. The number of rotatable bonds is 2. The summed E-state index contributed by atoms with van der Waals surface area (Å²) >= 11 is 7.17. The molecule has 3 rings (SSSR count). The standard InChI is InChI=1S/C11H9ClN4OS/c1-15-5-8(13-14-15)6-16-9-4-7(12)2-3-10(9)18-11(16)17/h2-5H,6H2,1H3. The molecule has 0 radical (unpaired) electrons. The Morgan fingerprint density at radius 1 is 1.44 bits per heavy atom. The summed E-state index contributed by atoms with van der Waals surface area (Å²) in [5.74, 6) is 0. The van der Waals surface area contributed by atoms with Crippen LogP contribution in [-0.4, -0.2) is 19.6 Å². The Morgan fingerprint density at radius 3 is 3.00 bits per heavy atom. The van der Waals surface area contributed by atoms with Gasteiger partial charge in [-0.2, -0.15) is 0 Å². The third-order valence-electron chi connectivity index (χ3n) is 2.60. The summed E-state index contributed by atoms with van der Waals surface area (Å²) in [6.07, 6.45) is 1.79. The van der Waals surface area contributed by atoms with Crippen molar-refractivity contribution in [2.24, 2.45) is 7.05 Å². The highest BCUT2D eigenvalue weighted by molar-refractivity contribution is 7.16. The zero-order valence-electron chi connectivity index (χ0n) is 9.50. The highest BCUT2D eigenvalue weighted by Crippen LogP contribution is 2.21. The lowest BCUT2D eigenvalue weighted by Crippen LogP contribution is -2.13. The molecule has 3 aromatic rings. The smallest absolute Gasteiger partial charge is 0.292 e. The van der Waals surface area contributed by atoms with Gasteiger partial charge < -0.3 is 0 Å². The Kier molecular flexibility index (Phi) is 2.68. The average molecular weight is 281 g/mol. The molecular formula is C11H9ClN4OS. The maximum atomic E-state index is 11.9. The predicted molar refractivity (Wildman–Crippen MR) is 71.2 cm³/mol. The lowest BCUT2D eigenvalue weighted by atomic mass is 10.3. The van der Waals surface area contributed by atoms with Gasteiger partial charge in [0.05, 0.1) is 16.8 Å². The molecule has 0 aliphatic rings. The molecule has 0 saturated heterocycles. The van der Waals surface area contributed by atoms with E-state index < -0.39 is 0 Å². The van der Waals surface area contributed by atoms with Crippen LogP contribution in [0.15, 0.2) is 29.2 Å². The molecule has 0 spiro atoms. The van der Waals surface area contributed by atoms with Crippen molar-refractivity contribution < 1.29 is 0 Å². The molecule has 1 aromatic carbocycles. The minimum absolute atomic E-state index is 0.0158. The summed E-state index contributed by atoms with van der Waals surface area (Å²) in [5.41, 5.74) is 1.59. The van der Waals surface area contributed by atoms with Crippen molar-refractivity contribution in [2.45, 2.75) is 6.54 Å². The SMILES string of the molecule is Cn1cc(Cn2c(=O)sc3ccc(Cl)cc32)nn1. The van der Waals surface area contributed by atoms with Crippen molar-refractivity contribution in [1.29, 1.82) is 0 Å². The Balaban J connectivity index is 2.13. The Hall–Kier alpha value is -1.66. The molecule has 0 aliphatic heterocycles. The summed E-state index contributed by atoms with van der Waals surface area (Å²) in [6.45, 7) is 0.410. The van der Waals surface area contributed by atoms with Gasteiger partial charge in [-0.3, -0.25) is 14.0 Å². The number of hydrogen-bond acceptors (Lipinski definition) is 4. The van der Waals surface area contributed by atoms with Gasteiger partial charge in [0, 0.05) is 18.3 Å². The topological polar surface area (TPSA) is 52.7 Å². The van der Waals surface area contributed by atoms with Crippen molar-refractivity contribution in [2.75, 3.05) is 0 Å². The molecular weight excluding hydrogens is 272 g/mol. The Bertz CT molecular complexity index is 773. The minimum Gasteiger partial charge on any atom is -0.292 e.